The van der Waals surface area contributed by atoms with E-state index in [-0.39, 0.29) is 20.1 Å². The van der Waals surface area contributed by atoms with E-state index in [1.54, 1.807) is 12.4 Å². The van der Waals surface area contributed by atoms with Crippen LogP contribution in [0.5, 0.6) is 0 Å². The summed E-state index contributed by atoms with van der Waals surface area (Å²) in [4.78, 5) is 12.8. The zero-order chi connectivity index (χ0) is 28.7. The number of hydrogen-bond acceptors (Lipinski definition) is 3. The summed E-state index contributed by atoms with van der Waals surface area (Å²) in [5.74, 6) is 0. The van der Waals surface area contributed by atoms with Crippen molar-refractivity contribution in [2.75, 3.05) is 0 Å². The molecule has 0 amide bonds. The minimum absolute atomic E-state index is 0. The van der Waals surface area contributed by atoms with E-state index >= 15 is 0 Å². The summed E-state index contributed by atoms with van der Waals surface area (Å²) in [5.41, 5.74) is 8.38. The van der Waals surface area contributed by atoms with Crippen LogP contribution in [0.3, 0.4) is 0 Å². The van der Waals surface area contributed by atoms with Crippen LogP contribution in [0.15, 0.2) is 170 Å². The van der Waals surface area contributed by atoms with Gasteiger partial charge in [0.05, 0.1) is 0 Å². The molecule has 3 nitrogen and oxygen atoms in total. The molecule has 0 saturated heterocycles. The second-order valence-electron chi connectivity index (χ2n) is 9.05. The molecule has 43 heavy (non-hydrogen) atoms. The summed E-state index contributed by atoms with van der Waals surface area (Å²) in [6.07, 6.45) is 5.42. The van der Waals surface area contributed by atoms with Crippen LogP contribution in [0.4, 0.5) is 0 Å². The van der Waals surface area contributed by atoms with Crippen molar-refractivity contribution in [3.63, 3.8) is 0 Å². The van der Waals surface area contributed by atoms with Crippen molar-refractivity contribution in [3.8, 4) is 44.9 Å². The fourth-order valence-corrected chi connectivity index (χ4v) is 4.09. The molecule has 7 aromatic rings. The van der Waals surface area contributed by atoms with Gasteiger partial charge >= 0.3 is 20.1 Å². The summed E-state index contributed by atoms with van der Waals surface area (Å²) in [7, 11) is 0. The van der Waals surface area contributed by atoms with Crippen molar-refractivity contribution < 1.29 is 20.1 Å². The average molecular weight is 731 g/mol. The van der Waals surface area contributed by atoms with E-state index in [2.05, 4.69) is 51.4 Å². The number of aromatic nitrogens is 3. The van der Waals surface area contributed by atoms with Gasteiger partial charge in [-0.2, -0.15) is 0 Å². The molecule has 0 N–H and O–H groups in total. The smallest absolute Gasteiger partial charge is 0.305 e. The Labute approximate surface area is 267 Å². The van der Waals surface area contributed by atoms with E-state index in [0.29, 0.717) is 0 Å². The van der Waals surface area contributed by atoms with Crippen molar-refractivity contribution in [1.29, 1.82) is 0 Å². The molecule has 0 spiro atoms. The first kappa shape index (κ1) is 30.9. The number of benzene rings is 4. The zero-order valence-corrected chi connectivity index (χ0v) is 25.7. The second-order valence-corrected chi connectivity index (χ2v) is 9.05. The molecule has 0 saturated carbocycles. The van der Waals surface area contributed by atoms with Crippen LogP contribution < -0.4 is 0 Å². The summed E-state index contributed by atoms with van der Waals surface area (Å²) in [6.45, 7) is 0. The first-order chi connectivity index (χ1) is 20.9. The van der Waals surface area contributed by atoms with Crippen LogP contribution in [0.1, 0.15) is 0 Å². The number of rotatable bonds is 4. The Morgan fingerprint density at radius 2 is 0.791 bits per heavy atom. The molecular formula is C39H28IrN3. The number of nitrogens with zero attached hydrogens (tertiary/aromatic N) is 3. The van der Waals surface area contributed by atoms with Crippen molar-refractivity contribution in [1.82, 2.24) is 15.0 Å². The molecule has 0 bridgehead atoms. The Bertz CT molecular complexity index is 1530. The Kier molecular flexibility index (Phi) is 12.3. The molecule has 0 unspecified atom stereocenters. The minimum atomic E-state index is 0. The summed E-state index contributed by atoms with van der Waals surface area (Å²) < 4.78 is 0. The Morgan fingerprint density at radius 1 is 0.349 bits per heavy atom. The third-order valence-electron chi connectivity index (χ3n) is 6.15. The van der Waals surface area contributed by atoms with Crippen LogP contribution >= 0.6 is 0 Å². The predicted octanol–water partition coefficient (Wildman–Crippen LogP) is 9.31. The predicted molar refractivity (Wildman–Crippen MR) is 171 cm³/mol. The van der Waals surface area contributed by atoms with E-state index in [9.17, 15) is 0 Å². The summed E-state index contributed by atoms with van der Waals surface area (Å²) in [6, 6.07) is 59.2. The van der Waals surface area contributed by atoms with Crippen molar-refractivity contribution in [2.24, 2.45) is 0 Å². The molecule has 7 rings (SSSR count). The molecule has 4 heteroatoms. The minimum Gasteiger partial charge on any atom is -0.305 e. The number of pyridine rings is 3. The van der Waals surface area contributed by atoms with E-state index in [1.807, 2.05) is 140 Å². The van der Waals surface area contributed by atoms with Crippen LogP contribution in [-0.2, 0) is 20.1 Å². The maximum Gasteiger partial charge on any atom is 3.00 e. The first-order valence-electron chi connectivity index (χ1n) is 13.6. The van der Waals surface area contributed by atoms with Gasteiger partial charge in [0.15, 0.2) is 0 Å². The van der Waals surface area contributed by atoms with Gasteiger partial charge in [-0.15, -0.1) is 108 Å². The maximum absolute atomic E-state index is 4.40. The Morgan fingerprint density at radius 3 is 1.23 bits per heavy atom. The van der Waals surface area contributed by atoms with Gasteiger partial charge in [0.25, 0.3) is 0 Å². The molecule has 4 aromatic carbocycles. The third kappa shape index (κ3) is 9.51. The van der Waals surface area contributed by atoms with E-state index in [0.717, 1.165) is 33.8 Å². The van der Waals surface area contributed by atoms with Crippen LogP contribution in [0, 0.1) is 18.2 Å². The van der Waals surface area contributed by atoms with Gasteiger partial charge in [0.1, 0.15) is 0 Å². The zero-order valence-electron chi connectivity index (χ0n) is 23.3. The van der Waals surface area contributed by atoms with Gasteiger partial charge in [-0.05, 0) is 46.4 Å². The van der Waals surface area contributed by atoms with Gasteiger partial charge in [-0.25, -0.2) is 0 Å². The van der Waals surface area contributed by atoms with Crippen LogP contribution in [0.25, 0.3) is 44.9 Å². The second kappa shape index (κ2) is 17.1. The summed E-state index contributed by atoms with van der Waals surface area (Å²) >= 11 is 0. The van der Waals surface area contributed by atoms with Crippen LogP contribution in [-0.4, -0.2) is 15.0 Å². The van der Waals surface area contributed by atoms with Crippen molar-refractivity contribution in [2.45, 2.75) is 0 Å². The van der Waals surface area contributed by atoms with Crippen molar-refractivity contribution >= 4 is 0 Å². The molecule has 0 radical (unpaired) electrons. The largest absolute Gasteiger partial charge is 3.00 e. The molecule has 3 heterocycles. The fraction of sp³-hybridized carbons (Fsp3) is 0. The summed E-state index contributed by atoms with van der Waals surface area (Å²) in [5, 5.41) is 0. The molecule has 3 aromatic heterocycles. The number of hydrogen-bond donors (Lipinski definition) is 0. The normalized spacial score (nSPS) is 9.67. The van der Waals surface area contributed by atoms with Crippen LogP contribution in [0.2, 0.25) is 0 Å². The van der Waals surface area contributed by atoms with Gasteiger partial charge in [-0.3, -0.25) is 0 Å². The van der Waals surface area contributed by atoms with Gasteiger partial charge < -0.3 is 15.0 Å². The first-order valence-corrected chi connectivity index (χ1v) is 13.6. The third-order valence-corrected chi connectivity index (χ3v) is 6.15. The molecular weight excluding hydrogens is 703 g/mol. The Balaban J connectivity index is 0.000000151. The SMILES string of the molecule is [Ir+3].[c-]1ccccc1-c1cc(-c2ccccc2)ccn1.[c-]1ccccc1-c1ccccn1.[c-]1ccccc1-c1ccccn1. The molecule has 208 valence electrons. The molecule has 0 aliphatic rings. The van der Waals surface area contributed by atoms with Gasteiger partial charge in [-0.1, -0.05) is 60.7 Å². The van der Waals surface area contributed by atoms with Gasteiger partial charge in [0.2, 0.25) is 0 Å². The van der Waals surface area contributed by atoms with Gasteiger partial charge in [0, 0.05) is 18.6 Å². The standard InChI is InChI=1S/C17H12N.2C11H8N.Ir/c1-3-7-14(8-4-1)16-11-12-18-17(13-16)15-9-5-2-6-10-15;2*1-2-6-10(7-3-1)11-8-4-5-9-12-11;/h1-9,11-13H;2*1-6,8-9H;/q3*-1;+3. The molecule has 0 aliphatic carbocycles. The average Bonchev–Trinajstić information content (AvgIpc) is 3.11. The molecule has 0 atom stereocenters. The monoisotopic (exact) mass is 731 g/mol. The molecule has 0 aliphatic heterocycles. The topological polar surface area (TPSA) is 38.7 Å². The quantitative estimate of drug-likeness (QED) is 0.170. The Hall–Kier alpha value is -5.02. The van der Waals surface area contributed by atoms with Crippen molar-refractivity contribution in [3.05, 3.63) is 188 Å². The fourth-order valence-electron chi connectivity index (χ4n) is 4.09. The van der Waals surface area contributed by atoms with E-state index < -0.39 is 0 Å². The van der Waals surface area contributed by atoms with E-state index in [1.165, 1.54) is 11.1 Å². The molecule has 0 fully saturated rings. The van der Waals surface area contributed by atoms with E-state index in [4.69, 9.17) is 0 Å². The maximum atomic E-state index is 4.40.